The fraction of sp³-hybridized carbons (Fsp3) is 0.667. The third kappa shape index (κ3) is 2.73. The Labute approximate surface area is 77.9 Å². The van der Waals surface area contributed by atoms with Crippen LogP contribution >= 0.6 is 0 Å². The molecule has 0 bridgehead atoms. The largest absolute Gasteiger partial charge is 0.314 e. The average molecular weight is 183 g/mol. The van der Waals surface area contributed by atoms with Crippen molar-refractivity contribution in [2.75, 3.05) is 7.05 Å². The SMILES string of the molecule is CNCc1cc(=O)n(CC(C)C)[nH]1. The molecule has 0 saturated heterocycles. The van der Waals surface area contributed by atoms with E-state index in [2.05, 4.69) is 24.3 Å². The first-order valence-corrected chi connectivity index (χ1v) is 4.56. The van der Waals surface area contributed by atoms with Crippen molar-refractivity contribution in [2.45, 2.75) is 26.9 Å². The summed E-state index contributed by atoms with van der Waals surface area (Å²) < 4.78 is 1.65. The maximum Gasteiger partial charge on any atom is 0.266 e. The molecule has 2 N–H and O–H groups in total. The summed E-state index contributed by atoms with van der Waals surface area (Å²) in [6.45, 7) is 5.64. The van der Waals surface area contributed by atoms with Crippen LogP contribution in [0, 0.1) is 5.92 Å². The van der Waals surface area contributed by atoms with Gasteiger partial charge in [-0.15, -0.1) is 0 Å². The lowest BCUT2D eigenvalue weighted by Crippen LogP contribution is -2.18. The molecule has 0 atom stereocenters. The van der Waals surface area contributed by atoms with Gasteiger partial charge in [-0.1, -0.05) is 13.8 Å². The molecule has 0 aromatic carbocycles. The average Bonchev–Trinajstić information content (AvgIpc) is 2.31. The van der Waals surface area contributed by atoms with Crippen molar-refractivity contribution in [3.8, 4) is 0 Å². The van der Waals surface area contributed by atoms with E-state index in [1.807, 2.05) is 7.05 Å². The first kappa shape index (κ1) is 10.1. The number of H-pyrrole nitrogens is 1. The fourth-order valence-corrected chi connectivity index (χ4v) is 1.27. The van der Waals surface area contributed by atoms with Crippen molar-refractivity contribution < 1.29 is 0 Å². The number of hydrogen-bond donors (Lipinski definition) is 2. The van der Waals surface area contributed by atoms with E-state index in [1.165, 1.54) is 0 Å². The Hall–Kier alpha value is -1.03. The monoisotopic (exact) mass is 183 g/mol. The Morgan fingerprint density at radius 1 is 1.62 bits per heavy atom. The highest BCUT2D eigenvalue weighted by Crippen LogP contribution is 1.96. The number of nitrogens with zero attached hydrogens (tertiary/aromatic N) is 1. The van der Waals surface area contributed by atoms with Gasteiger partial charge < -0.3 is 5.32 Å². The van der Waals surface area contributed by atoms with Crippen LogP contribution in [0.15, 0.2) is 10.9 Å². The summed E-state index contributed by atoms with van der Waals surface area (Å²) >= 11 is 0. The zero-order chi connectivity index (χ0) is 9.84. The molecule has 1 heterocycles. The molecular formula is C9H17N3O. The van der Waals surface area contributed by atoms with Gasteiger partial charge in [-0.3, -0.25) is 14.6 Å². The van der Waals surface area contributed by atoms with Crippen LogP contribution in [-0.2, 0) is 13.1 Å². The van der Waals surface area contributed by atoms with E-state index in [-0.39, 0.29) is 5.56 Å². The van der Waals surface area contributed by atoms with Crippen LogP contribution in [-0.4, -0.2) is 16.8 Å². The summed E-state index contributed by atoms with van der Waals surface area (Å²) in [6.07, 6.45) is 0. The summed E-state index contributed by atoms with van der Waals surface area (Å²) in [6, 6.07) is 1.64. The summed E-state index contributed by atoms with van der Waals surface area (Å²) in [4.78, 5) is 11.4. The molecular weight excluding hydrogens is 166 g/mol. The molecule has 1 rings (SSSR count). The number of rotatable bonds is 4. The lowest BCUT2D eigenvalue weighted by Gasteiger charge is -2.04. The molecule has 0 aliphatic heterocycles. The van der Waals surface area contributed by atoms with Crippen molar-refractivity contribution in [2.24, 2.45) is 5.92 Å². The molecule has 1 aromatic heterocycles. The van der Waals surface area contributed by atoms with Gasteiger partial charge in [0, 0.05) is 19.2 Å². The van der Waals surface area contributed by atoms with Gasteiger partial charge in [0.2, 0.25) is 0 Å². The molecule has 0 spiro atoms. The summed E-state index contributed by atoms with van der Waals surface area (Å²) in [7, 11) is 1.86. The topological polar surface area (TPSA) is 49.8 Å². The molecule has 0 amide bonds. The predicted octanol–water partition coefficient (Wildman–Crippen LogP) is 0.552. The van der Waals surface area contributed by atoms with E-state index < -0.39 is 0 Å². The number of nitrogens with one attached hydrogen (secondary N) is 2. The zero-order valence-electron chi connectivity index (χ0n) is 8.42. The molecule has 0 aliphatic carbocycles. The summed E-state index contributed by atoms with van der Waals surface area (Å²) in [5, 5.41) is 6.05. The molecule has 74 valence electrons. The standard InChI is InChI=1S/C9H17N3O/c1-7(2)6-12-9(13)4-8(11-12)5-10-3/h4,7,10-11H,5-6H2,1-3H3. The van der Waals surface area contributed by atoms with Crippen LogP contribution in [0.4, 0.5) is 0 Å². The molecule has 0 aliphatic rings. The van der Waals surface area contributed by atoms with Crippen LogP contribution in [0.2, 0.25) is 0 Å². The molecule has 1 aromatic rings. The van der Waals surface area contributed by atoms with Crippen LogP contribution in [0.5, 0.6) is 0 Å². The predicted molar refractivity (Wildman–Crippen MR) is 52.7 cm³/mol. The number of hydrogen-bond acceptors (Lipinski definition) is 2. The fourth-order valence-electron chi connectivity index (χ4n) is 1.27. The Morgan fingerprint density at radius 2 is 2.31 bits per heavy atom. The van der Waals surface area contributed by atoms with Crippen LogP contribution < -0.4 is 10.9 Å². The number of aromatic nitrogens is 2. The van der Waals surface area contributed by atoms with Gasteiger partial charge in [-0.05, 0) is 13.0 Å². The maximum atomic E-state index is 11.4. The Kier molecular flexibility index (Phi) is 3.31. The maximum absolute atomic E-state index is 11.4. The van der Waals surface area contributed by atoms with Gasteiger partial charge in [0.15, 0.2) is 0 Å². The molecule has 4 nitrogen and oxygen atoms in total. The minimum absolute atomic E-state index is 0.0546. The van der Waals surface area contributed by atoms with Gasteiger partial charge in [-0.2, -0.15) is 0 Å². The normalized spacial score (nSPS) is 11.1. The highest BCUT2D eigenvalue weighted by molar-refractivity contribution is 4.98. The van der Waals surface area contributed by atoms with Gasteiger partial charge in [0.1, 0.15) is 0 Å². The van der Waals surface area contributed by atoms with Crippen molar-refractivity contribution in [3.05, 3.63) is 22.1 Å². The molecule has 0 saturated carbocycles. The second kappa shape index (κ2) is 4.28. The second-order valence-corrected chi connectivity index (χ2v) is 3.65. The minimum atomic E-state index is 0.0546. The van der Waals surface area contributed by atoms with Gasteiger partial charge in [0.05, 0.1) is 5.69 Å². The number of aromatic amines is 1. The summed E-state index contributed by atoms with van der Waals surface area (Å²) in [5.41, 5.74) is 0.993. The Balaban J connectivity index is 2.77. The van der Waals surface area contributed by atoms with E-state index in [0.29, 0.717) is 12.5 Å². The molecule has 0 fully saturated rings. The van der Waals surface area contributed by atoms with Crippen molar-refractivity contribution in [3.63, 3.8) is 0 Å². The summed E-state index contributed by atoms with van der Waals surface area (Å²) in [5.74, 6) is 0.485. The lowest BCUT2D eigenvalue weighted by molar-refractivity contribution is 0.469. The molecule has 4 heteroatoms. The lowest BCUT2D eigenvalue weighted by atomic mass is 10.2. The van der Waals surface area contributed by atoms with E-state index >= 15 is 0 Å². The smallest absolute Gasteiger partial charge is 0.266 e. The first-order chi connectivity index (χ1) is 6.13. The van der Waals surface area contributed by atoms with Crippen LogP contribution in [0.3, 0.4) is 0 Å². The Bertz CT molecular complexity index is 311. The van der Waals surface area contributed by atoms with Gasteiger partial charge in [-0.25, -0.2) is 0 Å². The third-order valence-corrected chi connectivity index (χ3v) is 1.76. The van der Waals surface area contributed by atoms with Crippen molar-refractivity contribution in [1.82, 2.24) is 15.1 Å². The van der Waals surface area contributed by atoms with Crippen molar-refractivity contribution in [1.29, 1.82) is 0 Å². The second-order valence-electron chi connectivity index (χ2n) is 3.65. The molecule has 0 radical (unpaired) electrons. The van der Waals surface area contributed by atoms with Crippen LogP contribution in [0.1, 0.15) is 19.5 Å². The van der Waals surface area contributed by atoms with E-state index in [0.717, 1.165) is 12.2 Å². The minimum Gasteiger partial charge on any atom is -0.314 e. The van der Waals surface area contributed by atoms with Crippen molar-refractivity contribution >= 4 is 0 Å². The van der Waals surface area contributed by atoms with E-state index in [4.69, 9.17) is 0 Å². The highest BCUT2D eigenvalue weighted by atomic mass is 16.1. The van der Waals surface area contributed by atoms with E-state index in [9.17, 15) is 4.79 Å². The van der Waals surface area contributed by atoms with Gasteiger partial charge >= 0.3 is 0 Å². The Morgan fingerprint density at radius 3 is 2.85 bits per heavy atom. The highest BCUT2D eigenvalue weighted by Gasteiger charge is 2.03. The zero-order valence-corrected chi connectivity index (χ0v) is 8.42. The first-order valence-electron chi connectivity index (χ1n) is 4.56. The van der Waals surface area contributed by atoms with E-state index in [1.54, 1.807) is 10.7 Å². The third-order valence-electron chi connectivity index (χ3n) is 1.76. The molecule has 0 unspecified atom stereocenters. The molecule has 13 heavy (non-hydrogen) atoms. The van der Waals surface area contributed by atoms with Gasteiger partial charge in [0.25, 0.3) is 5.56 Å². The quantitative estimate of drug-likeness (QED) is 0.716. The van der Waals surface area contributed by atoms with Crippen LogP contribution in [0.25, 0.3) is 0 Å².